The first-order valence-corrected chi connectivity index (χ1v) is 5.47. The van der Waals surface area contributed by atoms with Gasteiger partial charge in [0.25, 0.3) is 0 Å². The number of furan rings is 1. The van der Waals surface area contributed by atoms with E-state index in [-0.39, 0.29) is 5.54 Å². The van der Waals surface area contributed by atoms with Gasteiger partial charge in [-0.1, -0.05) is 0 Å². The average molecular weight is 226 g/mol. The zero-order valence-electron chi connectivity index (χ0n) is 10.6. The van der Waals surface area contributed by atoms with E-state index < -0.39 is 0 Å². The number of aryl methyl sites for hydroxylation is 1. The van der Waals surface area contributed by atoms with Crippen molar-refractivity contribution < 1.29 is 9.15 Å². The second-order valence-corrected chi connectivity index (χ2v) is 4.50. The molecule has 0 fully saturated rings. The van der Waals surface area contributed by atoms with Gasteiger partial charge in [-0.05, 0) is 33.0 Å². The van der Waals surface area contributed by atoms with Crippen LogP contribution in [0.2, 0.25) is 0 Å². The standard InChI is InChI=1S/C12H22N2O2/c1-10-5-6-11(16-10)7-14(3)12(2,8-13)9-15-4/h5-6H,7-9,13H2,1-4H3. The summed E-state index contributed by atoms with van der Waals surface area (Å²) in [6.07, 6.45) is 0. The maximum atomic E-state index is 5.80. The van der Waals surface area contributed by atoms with E-state index >= 15 is 0 Å². The van der Waals surface area contributed by atoms with Crippen LogP contribution >= 0.6 is 0 Å². The molecule has 4 heteroatoms. The predicted molar refractivity (Wildman–Crippen MR) is 64.2 cm³/mol. The lowest BCUT2D eigenvalue weighted by Gasteiger charge is -2.36. The fourth-order valence-electron chi connectivity index (χ4n) is 1.63. The van der Waals surface area contributed by atoms with Crippen molar-refractivity contribution in [1.29, 1.82) is 0 Å². The van der Waals surface area contributed by atoms with Crippen molar-refractivity contribution in [2.75, 3.05) is 27.3 Å². The molecule has 4 nitrogen and oxygen atoms in total. The molecule has 0 aliphatic carbocycles. The number of hydrogen-bond donors (Lipinski definition) is 1. The third-order valence-corrected chi connectivity index (χ3v) is 3.01. The molecular formula is C12H22N2O2. The molecule has 1 atom stereocenters. The summed E-state index contributed by atoms with van der Waals surface area (Å²) in [4.78, 5) is 2.16. The maximum absolute atomic E-state index is 5.80. The van der Waals surface area contributed by atoms with Gasteiger partial charge < -0.3 is 14.9 Å². The van der Waals surface area contributed by atoms with Crippen LogP contribution in [0.15, 0.2) is 16.5 Å². The third-order valence-electron chi connectivity index (χ3n) is 3.01. The van der Waals surface area contributed by atoms with Gasteiger partial charge in [-0.25, -0.2) is 0 Å². The fourth-order valence-corrected chi connectivity index (χ4v) is 1.63. The van der Waals surface area contributed by atoms with Gasteiger partial charge in [-0.3, -0.25) is 4.90 Å². The highest BCUT2D eigenvalue weighted by Gasteiger charge is 2.28. The van der Waals surface area contributed by atoms with Crippen LogP contribution in [0.25, 0.3) is 0 Å². The summed E-state index contributed by atoms with van der Waals surface area (Å²) in [5.74, 6) is 1.89. The van der Waals surface area contributed by atoms with Gasteiger partial charge in [0.15, 0.2) is 0 Å². The molecule has 1 aromatic heterocycles. The van der Waals surface area contributed by atoms with Gasteiger partial charge >= 0.3 is 0 Å². The molecule has 0 saturated heterocycles. The number of rotatable bonds is 6. The SMILES string of the molecule is COCC(C)(CN)N(C)Cc1ccc(C)o1. The van der Waals surface area contributed by atoms with Crippen molar-refractivity contribution in [1.82, 2.24) is 4.90 Å². The van der Waals surface area contributed by atoms with Crippen LogP contribution in [0.4, 0.5) is 0 Å². The van der Waals surface area contributed by atoms with E-state index in [2.05, 4.69) is 11.8 Å². The van der Waals surface area contributed by atoms with Crippen LogP contribution in [-0.4, -0.2) is 37.7 Å². The number of ether oxygens (including phenoxy) is 1. The molecule has 1 heterocycles. The van der Waals surface area contributed by atoms with Crippen LogP contribution in [0.5, 0.6) is 0 Å². The van der Waals surface area contributed by atoms with E-state index in [0.29, 0.717) is 13.2 Å². The summed E-state index contributed by atoms with van der Waals surface area (Å²) in [5, 5.41) is 0. The lowest BCUT2D eigenvalue weighted by molar-refractivity contribution is 0.0353. The normalized spacial score (nSPS) is 15.4. The Kier molecular flexibility index (Phi) is 4.53. The molecule has 1 rings (SSSR count). The molecule has 0 bridgehead atoms. The number of methoxy groups -OCH3 is 1. The summed E-state index contributed by atoms with van der Waals surface area (Å²) < 4.78 is 10.8. The monoisotopic (exact) mass is 226 g/mol. The molecule has 92 valence electrons. The Morgan fingerprint density at radius 3 is 2.62 bits per heavy atom. The summed E-state index contributed by atoms with van der Waals surface area (Å²) in [5.41, 5.74) is 5.64. The first kappa shape index (κ1) is 13.2. The number of nitrogens with zero attached hydrogens (tertiary/aromatic N) is 1. The highest BCUT2D eigenvalue weighted by molar-refractivity contribution is 5.06. The van der Waals surface area contributed by atoms with Crippen LogP contribution in [0.1, 0.15) is 18.4 Å². The van der Waals surface area contributed by atoms with Crippen LogP contribution in [0.3, 0.4) is 0 Å². The Balaban J connectivity index is 2.65. The average Bonchev–Trinajstić information content (AvgIpc) is 2.64. The molecule has 0 radical (unpaired) electrons. The molecule has 0 aliphatic heterocycles. The van der Waals surface area contributed by atoms with E-state index in [9.17, 15) is 0 Å². The van der Waals surface area contributed by atoms with Crippen molar-refractivity contribution in [3.05, 3.63) is 23.7 Å². The molecule has 1 unspecified atom stereocenters. The van der Waals surface area contributed by atoms with Crippen LogP contribution in [0, 0.1) is 6.92 Å². The summed E-state index contributed by atoms with van der Waals surface area (Å²) in [6.45, 7) is 5.94. The molecule has 0 aliphatic rings. The van der Waals surface area contributed by atoms with Gasteiger partial charge in [-0.15, -0.1) is 0 Å². The smallest absolute Gasteiger partial charge is 0.118 e. The topological polar surface area (TPSA) is 51.6 Å². The summed E-state index contributed by atoms with van der Waals surface area (Å²) in [6, 6.07) is 3.97. The largest absolute Gasteiger partial charge is 0.465 e. The van der Waals surface area contributed by atoms with Crippen molar-refractivity contribution in [3.8, 4) is 0 Å². The second kappa shape index (κ2) is 5.48. The number of nitrogens with two attached hydrogens (primary N) is 1. The van der Waals surface area contributed by atoms with Crippen LogP contribution < -0.4 is 5.73 Å². The quantitative estimate of drug-likeness (QED) is 0.796. The minimum absolute atomic E-state index is 0.157. The lowest BCUT2D eigenvalue weighted by Crippen LogP contribution is -2.52. The molecule has 0 amide bonds. The lowest BCUT2D eigenvalue weighted by atomic mass is 10.0. The van der Waals surface area contributed by atoms with Gasteiger partial charge in [0, 0.05) is 13.7 Å². The maximum Gasteiger partial charge on any atom is 0.118 e. The minimum atomic E-state index is -0.157. The molecule has 2 N–H and O–H groups in total. The van der Waals surface area contributed by atoms with Gasteiger partial charge in [-0.2, -0.15) is 0 Å². The minimum Gasteiger partial charge on any atom is -0.465 e. The van der Waals surface area contributed by atoms with E-state index in [0.717, 1.165) is 18.1 Å². The fraction of sp³-hybridized carbons (Fsp3) is 0.667. The van der Waals surface area contributed by atoms with Crippen molar-refractivity contribution in [2.24, 2.45) is 5.73 Å². The van der Waals surface area contributed by atoms with Crippen molar-refractivity contribution >= 4 is 0 Å². The Labute approximate surface area is 97.4 Å². The predicted octanol–water partition coefficient (Wildman–Crippen LogP) is 1.38. The highest BCUT2D eigenvalue weighted by Crippen LogP contribution is 2.17. The Bertz CT molecular complexity index is 325. The van der Waals surface area contributed by atoms with Crippen LogP contribution in [-0.2, 0) is 11.3 Å². The molecular weight excluding hydrogens is 204 g/mol. The van der Waals surface area contributed by atoms with E-state index in [1.807, 2.05) is 26.1 Å². The van der Waals surface area contributed by atoms with Gasteiger partial charge in [0.05, 0.1) is 18.7 Å². The van der Waals surface area contributed by atoms with Gasteiger partial charge in [0.2, 0.25) is 0 Å². The highest BCUT2D eigenvalue weighted by atomic mass is 16.5. The molecule has 0 saturated carbocycles. The zero-order chi connectivity index (χ0) is 12.2. The Morgan fingerprint density at radius 2 is 2.19 bits per heavy atom. The second-order valence-electron chi connectivity index (χ2n) is 4.50. The molecule has 1 aromatic rings. The van der Waals surface area contributed by atoms with E-state index in [4.69, 9.17) is 14.9 Å². The molecule has 0 aromatic carbocycles. The van der Waals surface area contributed by atoms with Crippen molar-refractivity contribution in [3.63, 3.8) is 0 Å². The number of likely N-dealkylation sites (N-methyl/N-ethyl adjacent to an activating group) is 1. The molecule has 16 heavy (non-hydrogen) atoms. The van der Waals surface area contributed by atoms with E-state index in [1.165, 1.54) is 0 Å². The molecule has 0 spiro atoms. The first-order valence-electron chi connectivity index (χ1n) is 5.47. The Morgan fingerprint density at radius 1 is 1.50 bits per heavy atom. The third kappa shape index (κ3) is 3.07. The summed E-state index contributed by atoms with van der Waals surface area (Å²) in [7, 11) is 3.72. The first-order chi connectivity index (χ1) is 7.51. The Hall–Kier alpha value is -0.840. The van der Waals surface area contributed by atoms with Crippen molar-refractivity contribution in [2.45, 2.75) is 25.9 Å². The summed E-state index contributed by atoms with van der Waals surface area (Å²) >= 11 is 0. The van der Waals surface area contributed by atoms with Gasteiger partial charge in [0.1, 0.15) is 11.5 Å². The number of hydrogen-bond acceptors (Lipinski definition) is 4. The zero-order valence-corrected chi connectivity index (χ0v) is 10.6. The van der Waals surface area contributed by atoms with E-state index in [1.54, 1.807) is 7.11 Å².